The number of ether oxygens (including phenoxy) is 4. The maximum atomic E-state index is 12.5. The van der Waals surface area contributed by atoms with Gasteiger partial charge in [-0.25, -0.2) is 0 Å². The number of nitrogens with one attached hydrogen (secondary N) is 1. The summed E-state index contributed by atoms with van der Waals surface area (Å²) in [6, 6.07) is 8.77. The SMILES string of the molecule is COc1cccc(OC)c1N=Nc1c(OC)cc(NC(=O)CCCCCCCCCCCN)cc1OC. The van der Waals surface area contributed by atoms with Crippen LogP contribution in [-0.4, -0.2) is 40.9 Å². The number of azo groups is 1. The first-order valence-corrected chi connectivity index (χ1v) is 13.0. The molecule has 3 N–H and O–H groups in total. The molecule has 2 aromatic carbocycles. The third-order valence-corrected chi connectivity index (χ3v) is 6.02. The molecule has 0 saturated carbocycles. The van der Waals surface area contributed by atoms with Crippen molar-refractivity contribution in [3.05, 3.63) is 30.3 Å². The molecule has 9 nitrogen and oxygen atoms in total. The monoisotopic (exact) mass is 514 g/mol. The number of rotatable bonds is 18. The van der Waals surface area contributed by atoms with Gasteiger partial charge in [0.15, 0.2) is 22.9 Å². The average molecular weight is 515 g/mol. The van der Waals surface area contributed by atoms with Crippen LogP contribution in [0.5, 0.6) is 23.0 Å². The molecule has 0 spiro atoms. The van der Waals surface area contributed by atoms with Crippen molar-refractivity contribution in [2.24, 2.45) is 16.0 Å². The van der Waals surface area contributed by atoms with Crippen LogP contribution in [0.15, 0.2) is 40.6 Å². The number of anilines is 1. The molecule has 0 unspecified atom stereocenters. The van der Waals surface area contributed by atoms with Crippen molar-refractivity contribution < 1.29 is 23.7 Å². The summed E-state index contributed by atoms with van der Waals surface area (Å²) in [5.74, 6) is 1.83. The fourth-order valence-corrected chi connectivity index (χ4v) is 3.99. The number of amides is 1. The topological polar surface area (TPSA) is 117 Å². The molecule has 0 fully saturated rings. The summed E-state index contributed by atoms with van der Waals surface area (Å²) in [6.45, 7) is 0.788. The van der Waals surface area contributed by atoms with Crippen LogP contribution >= 0.6 is 0 Å². The van der Waals surface area contributed by atoms with Gasteiger partial charge in [0.05, 0.1) is 28.4 Å². The fourth-order valence-electron chi connectivity index (χ4n) is 3.99. The van der Waals surface area contributed by atoms with Gasteiger partial charge < -0.3 is 30.0 Å². The Kier molecular flexibility index (Phi) is 13.9. The van der Waals surface area contributed by atoms with E-state index in [4.69, 9.17) is 24.7 Å². The van der Waals surface area contributed by atoms with Gasteiger partial charge in [0.2, 0.25) is 5.91 Å². The summed E-state index contributed by atoms with van der Waals surface area (Å²) >= 11 is 0. The molecule has 0 radical (unpaired) electrons. The Balaban J connectivity index is 1.96. The number of nitrogens with zero attached hydrogens (tertiary/aromatic N) is 2. The molecule has 0 aromatic heterocycles. The van der Waals surface area contributed by atoms with E-state index in [0.29, 0.717) is 46.5 Å². The van der Waals surface area contributed by atoms with Crippen molar-refractivity contribution >= 4 is 23.0 Å². The molecule has 1 amide bonds. The quantitative estimate of drug-likeness (QED) is 0.164. The van der Waals surface area contributed by atoms with E-state index in [9.17, 15) is 4.79 Å². The van der Waals surface area contributed by atoms with E-state index in [-0.39, 0.29) is 5.91 Å². The number of carbonyl (C=O) groups is 1. The van der Waals surface area contributed by atoms with Crippen molar-refractivity contribution in [3.8, 4) is 23.0 Å². The van der Waals surface area contributed by atoms with Crippen LogP contribution in [0.25, 0.3) is 0 Å². The summed E-state index contributed by atoms with van der Waals surface area (Å²) in [7, 11) is 6.17. The maximum Gasteiger partial charge on any atom is 0.224 e. The highest BCUT2D eigenvalue weighted by Gasteiger charge is 2.16. The minimum absolute atomic E-state index is 0.0426. The largest absolute Gasteiger partial charge is 0.494 e. The Bertz CT molecular complexity index is 949. The van der Waals surface area contributed by atoms with Crippen LogP contribution < -0.4 is 30.0 Å². The Morgan fingerprint density at radius 3 is 1.59 bits per heavy atom. The second-order valence-electron chi connectivity index (χ2n) is 8.71. The zero-order valence-corrected chi connectivity index (χ0v) is 22.7. The summed E-state index contributed by atoms with van der Waals surface area (Å²) in [4.78, 5) is 12.5. The van der Waals surface area contributed by atoms with Crippen LogP contribution in [-0.2, 0) is 4.79 Å². The Morgan fingerprint density at radius 1 is 0.703 bits per heavy atom. The third kappa shape index (κ3) is 9.92. The van der Waals surface area contributed by atoms with Gasteiger partial charge in [0, 0.05) is 24.2 Å². The third-order valence-electron chi connectivity index (χ3n) is 6.02. The molecule has 2 aromatic rings. The molecule has 37 heavy (non-hydrogen) atoms. The smallest absolute Gasteiger partial charge is 0.224 e. The lowest BCUT2D eigenvalue weighted by Gasteiger charge is -2.13. The molecule has 0 bridgehead atoms. The molecule has 0 saturated heterocycles. The Morgan fingerprint density at radius 2 is 1.14 bits per heavy atom. The van der Waals surface area contributed by atoms with Crippen LogP contribution in [0.3, 0.4) is 0 Å². The first-order valence-electron chi connectivity index (χ1n) is 13.0. The van der Waals surface area contributed by atoms with Gasteiger partial charge in [-0.1, -0.05) is 51.0 Å². The van der Waals surface area contributed by atoms with Gasteiger partial charge in [-0.05, 0) is 31.5 Å². The fraction of sp³-hybridized carbons (Fsp3) is 0.536. The second-order valence-corrected chi connectivity index (χ2v) is 8.71. The molecule has 0 aliphatic carbocycles. The predicted molar refractivity (Wildman–Crippen MR) is 147 cm³/mol. The molecule has 9 heteroatoms. The molecule has 0 heterocycles. The van der Waals surface area contributed by atoms with Crippen molar-refractivity contribution in [2.75, 3.05) is 40.3 Å². The first-order chi connectivity index (χ1) is 18.1. The van der Waals surface area contributed by atoms with Gasteiger partial charge in [-0.3, -0.25) is 4.79 Å². The number of unbranched alkanes of at least 4 members (excludes halogenated alkanes) is 8. The van der Waals surface area contributed by atoms with Crippen LogP contribution in [0.2, 0.25) is 0 Å². The zero-order valence-electron chi connectivity index (χ0n) is 22.7. The van der Waals surface area contributed by atoms with E-state index in [1.165, 1.54) is 46.3 Å². The predicted octanol–water partition coefficient (Wildman–Crippen LogP) is 6.93. The number of nitrogens with two attached hydrogens (primary N) is 1. The van der Waals surface area contributed by atoms with E-state index in [1.807, 2.05) is 0 Å². The van der Waals surface area contributed by atoms with Crippen LogP contribution in [0, 0.1) is 0 Å². The lowest BCUT2D eigenvalue weighted by Crippen LogP contribution is -2.11. The van der Waals surface area contributed by atoms with E-state index >= 15 is 0 Å². The average Bonchev–Trinajstić information content (AvgIpc) is 2.92. The van der Waals surface area contributed by atoms with Crippen LogP contribution in [0.4, 0.5) is 17.1 Å². The van der Waals surface area contributed by atoms with Crippen molar-refractivity contribution in [2.45, 2.75) is 64.2 Å². The van der Waals surface area contributed by atoms with Gasteiger partial charge in [-0.15, -0.1) is 10.2 Å². The lowest BCUT2D eigenvalue weighted by molar-refractivity contribution is -0.116. The highest BCUT2D eigenvalue weighted by atomic mass is 16.5. The Hall–Kier alpha value is -3.33. The number of hydrogen-bond acceptors (Lipinski definition) is 8. The molecular formula is C28H42N4O5. The highest BCUT2D eigenvalue weighted by Crippen LogP contribution is 2.43. The van der Waals surface area contributed by atoms with Gasteiger partial charge >= 0.3 is 0 Å². The van der Waals surface area contributed by atoms with E-state index in [0.717, 1.165) is 32.2 Å². The molecule has 0 atom stereocenters. The van der Waals surface area contributed by atoms with Gasteiger partial charge in [0.1, 0.15) is 11.5 Å². The molecular weight excluding hydrogens is 472 g/mol. The number of hydrogen-bond donors (Lipinski definition) is 2. The standard InChI is InChI=1S/C28H42N4O5/c1-34-22-15-14-16-23(35-2)27(22)31-32-28-24(36-3)19-21(20-25(28)37-4)30-26(33)17-12-10-8-6-5-7-9-11-13-18-29/h14-16,19-20H,5-13,17-18,29H2,1-4H3,(H,30,33). The van der Waals surface area contributed by atoms with Crippen LogP contribution in [0.1, 0.15) is 64.2 Å². The first kappa shape index (κ1) is 29.9. The second kappa shape index (κ2) is 17.2. The summed E-state index contributed by atoms with van der Waals surface area (Å²) in [5.41, 5.74) is 6.93. The van der Waals surface area contributed by atoms with Gasteiger partial charge in [-0.2, -0.15) is 0 Å². The minimum Gasteiger partial charge on any atom is -0.494 e. The molecule has 204 valence electrons. The molecule has 2 rings (SSSR count). The number of carbonyl (C=O) groups excluding carboxylic acids is 1. The molecule has 0 aliphatic rings. The summed E-state index contributed by atoms with van der Waals surface area (Å²) in [5, 5.41) is 11.6. The van der Waals surface area contributed by atoms with E-state index < -0.39 is 0 Å². The Labute approximate surface area is 220 Å². The maximum absolute atomic E-state index is 12.5. The normalized spacial score (nSPS) is 10.9. The number of benzene rings is 2. The number of methoxy groups -OCH3 is 4. The summed E-state index contributed by atoms with van der Waals surface area (Å²) in [6.07, 6.45) is 10.9. The van der Waals surface area contributed by atoms with E-state index in [1.54, 1.807) is 44.6 Å². The summed E-state index contributed by atoms with van der Waals surface area (Å²) < 4.78 is 21.8. The van der Waals surface area contributed by atoms with E-state index in [2.05, 4.69) is 15.5 Å². The lowest BCUT2D eigenvalue weighted by atomic mass is 10.1. The van der Waals surface area contributed by atoms with Crippen molar-refractivity contribution in [1.82, 2.24) is 0 Å². The highest BCUT2D eigenvalue weighted by molar-refractivity contribution is 5.92. The van der Waals surface area contributed by atoms with Crippen molar-refractivity contribution in [1.29, 1.82) is 0 Å². The molecule has 0 aliphatic heterocycles. The van der Waals surface area contributed by atoms with Crippen molar-refractivity contribution in [3.63, 3.8) is 0 Å². The van der Waals surface area contributed by atoms with Gasteiger partial charge in [0.25, 0.3) is 0 Å². The zero-order chi connectivity index (χ0) is 26.9. The minimum atomic E-state index is -0.0426.